The zero-order valence-electron chi connectivity index (χ0n) is 16.9. The van der Waals surface area contributed by atoms with Crippen LogP contribution in [-0.4, -0.2) is 53.8 Å². The summed E-state index contributed by atoms with van der Waals surface area (Å²) in [4.78, 5) is 35.9. The van der Waals surface area contributed by atoms with Gasteiger partial charge in [0.15, 0.2) is 6.10 Å². The van der Waals surface area contributed by atoms with Crippen LogP contribution in [0.4, 0.5) is 27.2 Å². The molecule has 2 unspecified atom stereocenters. The van der Waals surface area contributed by atoms with Crippen LogP contribution in [0, 0.1) is 0 Å². The van der Waals surface area contributed by atoms with Gasteiger partial charge in [-0.25, -0.2) is 19.3 Å². The van der Waals surface area contributed by atoms with Crippen molar-refractivity contribution in [2.45, 2.75) is 31.1 Å². The summed E-state index contributed by atoms with van der Waals surface area (Å²) in [6, 6.07) is 9.33. The number of hydrogen-bond acceptors (Lipinski definition) is 6. The van der Waals surface area contributed by atoms with E-state index in [1.165, 1.54) is 43.5 Å². The molecule has 0 radical (unpaired) electrons. The number of rotatable bonds is 7. The summed E-state index contributed by atoms with van der Waals surface area (Å²) >= 11 is 0. The lowest BCUT2D eigenvalue weighted by Gasteiger charge is -2.22. The lowest BCUT2D eigenvalue weighted by Crippen LogP contribution is -2.39. The molecule has 0 aromatic heterocycles. The monoisotopic (exact) mass is 471 g/mol. The van der Waals surface area contributed by atoms with Crippen molar-refractivity contribution in [2.75, 3.05) is 7.11 Å². The number of cyclic esters (lactones) is 1. The van der Waals surface area contributed by atoms with Gasteiger partial charge in [-0.05, 0) is 41.8 Å². The number of carbonyl (C=O) groups excluding carboxylic acids is 2. The largest absolute Gasteiger partial charge is 0.465 e. The fraction of sp³-hybridized carbons (Fsp3) is 0.286. The Morgan fingerprint density at radius 2 is 1.85 bits per heavy atom. The number of esters is 1. The van der Waals surface area contributed by atoms with Gasteiger partial charge in [0.05, 0.1) is 18.7 Å². The number of carboxylic acid groups (broad SMARTS) is 1. The first-order valence-electron chi connectivity index (χ1n) is 9.38. The number of hydrogen-bond donors (Lipinski definition) is 1. The number of amides is 2. The van der Waals surface area contributed by atoms with Crippen LogP contribution in [0.5, 0.6) is 5.75 Å². The Balaban J connectivity index is 1.89. The molecule has 33 heavy (non-hydrogen) atoms. The predicted octanol–water partition coefficient (Wildman–Crippen LogP) is 4.49. The van der Waals surface area contributed by atoms with Gasteiger partial charge in [-0.1, -0.05) is 24.3 Å². The molecule has 3 rings (SSSR count). The quantitative estimate of drug-likeness (QED) is 0.469. The summed E-state index contributed by atoms with van der Waals surface area (Å²) in [5.41, 5.74) is 0.798. The van der Waals surface area contributed by atoms with Crippen LogP contribution in [-0.2, 0) is 15.9 Å². The maximum absolute atomic E-state index is 13.2. The first-order valence-corrected chi connectivity index (χ1v) is 9.38. The van der Waals surface area contributed by atoms with Crippen molar-refractivity contribution >= 4 is 18.2 Å². The van der Waals surface area contributed by atoms with Gasteiger partial charge in [0, 0.05) is 0 Å². The van der Waals surface area contributed by atoms with E-state index in [0.717, 1.165) is 12.1 Å². The van der Waals surface area contributed by atoms with Crippen molar-refractivity contribution < 1.29 is 51.3 Å². The Hall–Kier alpha value is -3.83. The van der Waals surface area contributed by atoms with E-state index in [9.17, 15) is 37.1 Å². The fourth-order valence-corrected chi connectivity index (χ4v) is 3.33. The average Bonchev–Trinajstić information content (AvgIpc) is 3.09. The van der Waals surface area contributed by atoms with Crippen LogP contribution in [0.3, 0.4) is 0 Å². The van der Waals surface area contributed by atoms with Gasteiger partial charge < -0.3 is 19.3 Å². The molecule has 1 N–H and O–H groups in total. The summed E-state index contributed by atoms with van der Waals surface area (Å²) in [6.45, 7) is 0. The molecular weight excluding hydrogens is 454 g/mol. The topological polar surface area (TPSA) is 102 Å². The zero-order chi connectivity index (χ0) is 24.3. The zero-order valence-corrected chi connectivity index (χ0v) is 16.9. The molecule has 8 nitrogen and oxygen atoms in total. The third-order valence-electron chi connectivity index (χ3n) is 4.82. The van der Waals surface area contributed by atoms with E-state index in [-0.39, 0.29) is 17.5 Å². The number of nitrogens with zero attached hydrogens (tertiary/aromatic N) is 1. The van der Waals surface area contributed by atoms with Crippen molar-refractivity contribution in [1.29, 1.82) is 0 Å². The minimum atomic E-state index is -4.72. The molecule has 1 fully saturated rings. The summed E-state index contributed by atoms with van der Waals surface area (Å²) in [5, 5.41) is 9.47. The number of benzene rings is 2. The fourth-order valence-electron chi connectivity index (χ4n) is 3.33. The number of ether oxygens (including phenoxy) is 3. The van der Waals surface area contributed by atoms with Gasteiger partial charge in [-0.2, -0.15) is 17.6 Å². The van der Waals surface area contributed by atoms with Crippen LogP contribution < -0.4 is 4.74 Å². The number of alkyl halides is 4. The molecular formula is C21H17F4NO7. The Morgan fingerprint density at radius 3 is 2.42 bits per heavy atom. The van der Waals surface area contributed by atoms with E-state index in [2.05, 4.69) is 9.47 Å². The molecule has 0 saturated carbocycles. The van der Waals surface area contributed by atoms with Crippen LogP contribution >= 0.6 is 0 Å². The van der Waals surface area contributed by atoms with E-state index >= 15 is 0 Å². The molecule has 1 heterocycles. The summed E-state index contributed by atoms with van der Waals surface area (Å²) in [5.74, 6) is -1.17. The molecule has 0 spiro atoms. The molecule has 0 bridgehead atoms. The van der Waals surface area contributed by atoms with Gasteiger partial charge in [-0.3, -0.25) is 0 Å². The van der Waals surface area contributed by atoms with E-state index in [1.807, 2.05) is 0 Å². The molecule has 1 saturated heterocycles. The standard InChI is InChI=1S/C21H17F4NO7/c1-31-17(27)13-7-5-12(6-8-13)16-15(26(19(28)29)20(30)32-16)10-11-3-2-4-14(9-11)33-21(24,25)18(22)23/h2-9,15-16,18H,10H2,1H3,(H,28,29). The van der Waals surface area contributed by atoms with Gasteiger partial charge in [0.2, 0.25) is 0 Å². The number of imide groups is 1. The smallest absolute Gasteiger partial charge is 0.461 e. The molecule has 0 aliphatic carbocycles. The Kier molecular flexibility index (Phi) is 6.75. The van der Waals surface area contributed by atoms with E-state index in [1.54, 1.807) is 0 Å². The highest BCUT2D eigenvalue weighted by atomic mass is 19.3. The molecule has 1 aliphatic rings. The second-order valence-corrected chi connectivity index (χ2v) is 6.95. The van der Waals surface area contributed by atoms with Crippen molar-refractivity contribution in [3.63, 3.8) is 0 Å². The van der Waals surface area contributed by atoms with Gasteiger partial charge in [0.25, 0.3) is 0 Å². The highest BCUT2D eigenvalue weighted by molar-refractivity contribution is 5.90. The third kappa shape index (κ3) is 5.16. The SMILES string of the molecule is COC(=O)c1ccc(C2OC(=O)N(C(=O)O)C2Cc2cccc(OC(F)(F)C(F)F)c2)cc1. The molecule has 1 aliphatic heterocycles. The molecule has 176 valence electrons. The second-order valence-electron chi connectivity index (χ2n) is 6.95. The Labute approximate surface area is 184 Å². The molecule has 2 aromatic rings. The molecule has 12 heteroatoms. The van der Waals surface area contributed by atoms with Crippen molar-refractivity contribution in [3.05, 3.63) is 65.2 Å². The number of methoxy groups -OCH3 is 1. The van der Waals surface area contributed by atoms with Crippen LogP contribution in [0.15, 0.2) is 48.5 Å². The third-order valence-corrected chi connectivity index (χ3v) is 4.82. The van der Waals surface area contributed by atoms with Crippen molar-refractivity contribution in [1.82, 2.24) is 4.90 Å². The summed E-state index contributed by atoms with van der Waals surface area (Å²) in [7, 11) is 1.20. The predicted molar refractivity (Wildman–Crippen MR) is 102 cm³/mol. The van der Waals surface area contributed by atoms with Gasteiger partial charge in [0.1, 0.15) is 5.75 Å². The van der Waals surface area contributed by atoms with Gasteiger partial charge >= 0.3 is 30.7 Å². The first kappa shape index (κ1) is 23.8. The normalized spacial score (nSPS) is 18.2. The van der Waals surface area contributed by atoms with Gasteiger partial charge in [-0.15, -0.1) is 0 Å². The van der Waals surface area contributed by atoms with E-state index in [0.29, 0.717) is 10.5 Å². The Bertz CT molecular complexity index is 1050. The van der Waals surface area contributed by atoms with Crippen molar-refractivity contribution in [3.8, 4) is 5.75 Å². The Morgan fingerprint density at radius 1 is 1.18 bits per heavy atom. The second kappa shape index (κ2) is 9.35. The van der Waals surface area contributed by atoms with Crippen molar-refractivity contribution in [2.24, 2.45) is 0 Å². The molecule has 2 amide bonds. The summed E-state index contributed by atoms with van der Waals surface area (Å²) in [6.07, 6.45) is -12.8. The minimum absolute atomic E-state index is 0.196. The highest BCUT2D eigenvalue weighted by Gasteiger charge is 2.47. The summed E-state index contributed by atoms with van der Waals surface area (Å²) < 4.78 is 65.2. The first-order chi connectivity index (χ1) is 15.5. The number of carbonyl (C=O) groups is 3. The van der Waals surface area contributed by atoms with Crippen LogP contribution in [0.25, 0.3) is 0 Å². The maximum atomic E-state index is 13.2. The number of halogens is 4. The highest BCUT2D eigenvalue weighted by Crippen LogP contribution is 2.36. The molecule has 2 aromatic carbocycles. The lowest BCUT2D eigenvalue weighted by atomic mass is 9.95. The molecule has 2 atom stereocenters. The minimum Gasteiger partial charge on any atom is -0.465 e. The average molecular weight is 471 g/mol. The van der Waals surface area contributed by atoms with Crippen LogP contribution in [0.2, 0.25) is 0 Å². The lowest BCUT2D eigenvalue weighted by molar-refractivity contribution is -0.253. The van der Waals surface area contributed by atoms with E-state index in [4.69, 9.17) is 4.74 Å². The maximum Gasteiger partial charge on any atom is 0.461 e. The van der Waals surface area contributed by atoms with Crippen LogP contribution in [0.1, 0.15) is 27.6 Å². The van der Waals surface area contributed by atoms with E-state index < -0.39 is 48.6 Å².